The standard InChI is InChI=1S/C18H18BrNO2/c19-15-10-11-16(18(20)22)14(12-15)8-4-5-9-17(21)13-6-2-1-3-7-13/h1-3,6-7,10-12H,4-5,8-9H2,(H2,20,22). The van der Waals surface area contributed by atoms with Crippen LogP contribution in [0.25, 0.3) is 0 Å². The topological polar surface area (TPSA) is 60.2 Å². The number of carbonyl (C=O) groups is 2. The zero-order chi connectivity index (χ0) is 15.9. The number of unbranched alkanes of at least 4 members (excludes halogenated alkanes) is 1. The third-order valence-corrected chi connectivity index (χ3v) is 4.02. The van der Waals surface area contributed by atoms with Crippen molar-refractivity contribution in [1.82, 2.24) is 0 Å². The molecule has 0 saturated carbocycles. The van der Waals surface area contributed by atoms with Crippen molar-refractivity contribution >= 4 is 27.6 Å². The fourth-order valence-electron chi connectivity index (χ4n) is 2.38. The number of rotatable bonds is 7. The average molecular weight is 360 g/mol. The fraction of sp³-hybridized carbons (Fsp3) is 0.222. The van der Waals surface area contributed by atoms with Gasteiger partial charge >= 0.3 is 0 Å². The SMILES string of the molecule is NC(=O)c1ccc(Br)cc1CCCCC(=O)c1ccccc1. The third kappa shape index (κ3) is 4.53. The molecule has 2 aromatic rings. The number of carbonyl (C=O) groups excluding carboxylic acids is 2. The van der Waals surface area contributed by atoms with Gasteiger partial charge in [-0.2, -0.15) is 0 Å². The van der Waals surface area contributed by atoms with Gasteiger partial charge in [0.05, 0.1) is 0 Å². The van der Waals surface area contributed by atoms with E-state index in [1.807, 2.05) is 42.5 Å². The molecule has 0 atom stereocenters. The fourth-order valence-corrected chi connectivity index (χ4v) is 2.79. The Morgan fingerprint density at radius 2 is 1.73 bits per heavy atom. The van der Waals surface area contributed by atoms with E-state index in [4.69, 9.17) is 5.73 Å². The van der Waals surface area contributed by atoms with E-state index < -0.39 is 5.91 Å². The molecule has 2 N–H and O–H groups in total. The summed E-state index contributed by atoms with van der Waals surface area (Å²) in [6.07, 6.45) is 2.89. The first-order valence-electron chi connectivity index (χ1n) is 7.24. The lowest BCUT2D eigenvalue weighted by molar-refractivity contribution is 0.0975. The zero-order valence-corrected chi connectivity index (χ0v) is 13.8. The van der Waals surface area contributed by atoms with Crippen LogP contribution in [0.4, 0.5) is 0 Å². The Kier molecular flexibility index (Phi) is 5.90. The maximum absolute atomic E-state index is 12.0. The second-order valence-electron chi connectivity index (χ2n) is 5.16. The van der Waals surface area contributed by atoms with Gasteiger partial charge in [0.15, 0.2) is 5.78 Å². The molecular formula is C18H18BrNO2. The van der Waals surface area contributed by atoms with Crippen LogP contribution >= 0.6 is 15.9 Å². The Labute approximate surface area is 138 Å². The van der Waals surface area contributed by atoms with Gasteiger partial charge in [0.2, 0.25) is 5.91 Å². The third-order valence-electron chi connectivity index (χ3n) is 3.53. The first-order valence-corrected chi connectivity index (χ1v) is 8.03. The number of primary amides is 1. The lowest BCUT2D eigenvalue weighted by atomic mass is 9.99. The number of nitrogens with two attached hydrogens (primary N) is 1. The summed E-state index contributed by atoms with van der Waals surface area (Å²) in [4.78, 5) is 23.4. The number of ketones is 1. The molecule has 0 radical (unpaired) electrons. The van der Waals surface area contributed by atoms with E-state index in [1.54, 1.807) is 6.07 Å². The zero-order valence-electron chi connectivity index (χ0n) is 12.2. The molecule has 0 unspecified atom stereocenters. The lowest BCUT2D eigenvalue weighted by Gasteiger charge is -2.07. The highest BCUT2D eigenvalue weighted by Gasteiger charge is 2.09. The summed E-state index contributed by atoms with van der Waals surface area (Å²) < 4.78 is 0.924. The first kappa shape index (κ1) is 16.4. The van der Waals surface area contributed by atoms with Gasteiger partial charge in [0.25, 0.3) is 0 Å². The molecule has 0 aliphatic rings. The quantitative estimate of drug-likeness (QED) is 0.596. The van der Waals surface area contributed by atoms with Crippen LogP contribution in [-0.4, -0.2) is 11.7 Å². The summed E-state index contributed by atoms with van der Waals surface area (Å²) >= 11 is 3.40. The summed E-state index contributed by atoms with van der Waals surface area (Å²) in [6, 6.07) is 14.8. The second kappa shape index (κ2) is 7.90. The van der Waals surface area contributed by atoms with Gasteiger partial charge in [0, 0.05) is 22.0 Å². The summed E-state index contributed by atoms with van der Waals surface area (Å²) in [5.41, 5.74) is 7.62. The summed E-state index contributed by atoms with van der Waals surface area (Å²) in [7, 11) is 0. The first-order chi connectivity index (χ1) is 10.6. The summed E-state index contributed by atoms with van der Waals surface area (Å²) in [5, 5.41) is 0. The van der Waals surface area contributed by atoms with E-state index in [2.05, 4.69) is 15.9 Å². The lowest BCUT2D eigenvalue weighted by Crippen LogP contribution is -2.13. The molecule has 0 spiro atoms. The molecule has 0 bridgehead atoms. The Hall–Kier alpha value is -1.94. The number of aryl methyl sites for hydroxylation is 1. The van der Waals surface area contributed by atoms with Crippen LogP contribution < -0.4 is 5.73 Å². The van der Waals surface area contributed by atoms with E-state index in [9.17, 15) is 9.59 Å². The van der Waals surface area contributed by atoms with Crippen LogP contribution in [0.1, 0.15) is 45.5 Å². The highest BCUT2D eigenvalue weighted by molar-refractivity contribution is 9.10. The normalized spacial score (nSPS) is 10.4. The molecule has 0 saturated heterocycles. The molecule has 0 aliphatic carbocycles. The van der Waals surface area contributed by atoms with Crippen LogP contribution in [-0.2, 0) is 6.42 Å². The van der Waals surface area contributed by atoms with E-state index in [0.29, 0.717) is 12.0 Å². The average Bonchev–Trinajstić information content (AvgIpc) is 2.52. The Morgan fingerprint density at radius 3 is 2.41 bits per heavy atom. The second-order valence-corrected chi connectivity index (χ2v) is 6.08. The number of hydrogen-bond donors (Lipinski definition) is 1. The molecule has 2 aromatic carbocycles. The Balaban J connectivity index is 1.88. The Morgan fingerprint density at radius 1 is 1.00 bits per heavy atom. The van der Waals surface area contributed by atoms with E-state index >= 15 is 0 Å². The molecule has 0 aromatic heterocycles. The van der Waals surface area contributed by atoms with Crippen LogP contribution in [0.15, 0.2) is 53.0 Å². The molecule has 3 nitrogen and oxygen atoms in total. The van der Waals surface area contributed by atoms with Gasteiger partial charge in [-0.05, 0) is 43.0 Å². The molecule has 0 heterocycles. The van der Waals surface area contributed by atoms with Crippen molar-refractivity contribution in [2.75, 3.05) is 0 Å². The molecule has 2 rings (SSSR count). The van der Waals surface area contributed by atoms with E-state index in [-0.39, 0.29) is 5.78 Å². The van der Waals surface area contributed by atoms with Gasteiger partial charge in [-0.15, -0.1) is 0 Å². The molecular weight excluding hydrogens is 342 g/mol. The van der Waals surface area contributed by atoms with Gasteiger partial charge in [-0.3, -0.25) is 9.59 Å². The number of hydrogen-bond acceptors (Lipinski definition) is 2. The summed E-state index contributed by atoms with van der Waals surface area (Å²) in [6.45, 7) is 0. The molecule has 114 valence electrons. The van der Waals surface area contributed by atoms with E-state index in [1.165, 1.54) is 0 Å². The number of halogens is 1. The minimum absolute atomic E-state index is 0.157. The maximum atomic E-state index is 12.0. The van der Waals surface area contributed by atoms with Crippen LogP contribution in [0.3, 0.4) is 0 Å². The van der Waals surface area contributed by atoms with E-state index in [0.717, 1.165) is 34.9 Å². The highest BCUT2D eigenvalue weighted by Crippen LogP contribution is 2.19. The Bertz CT molecular complexity index is 668. The van der Waals surface area contributed by atoms with Gasteiger partial charge in [-0.25, -0.2) is 0 Å². The summed E-state index contributed by atoms with van der Waals surface area (Å²) in [5.74, 6) is -0.257. The van der Waals surface area contributed by atoms with Crippen molar-refractivity contribution in [2.45, 2.75) is 25.7 Å². The van der Waals surface area contributed by atoms with Crippen molar-refractivity contribution in [2.24, 2.45) is 5.73 Å². The number of Topliss-reactive ketones (excluding diaryl/α,β-unsaturated/α-hetero) is 1. The minimum Gasteiger partial charge on any atom is -0.366 e. The molecule has 0 fully saturated rings. The van der Waals surface area contributed by atoms with Crippen molar-refractivity contribution in [1.29, 1.82) is 0 Å². The highest BCUT2D eigenvalue weighted by atomic mass is 79.9. The molecule has 1 amide bonds. The van der Waals surface area contributed by atoms with Gasteiger partial charge < -0.3 is 5.73 Å². The van der Waals surface area contributed by atoms with Crippen molar-refractivity contribution in [3.63, 3.8) is 0 Å². The molecule has 22 heavy (non-hydrogen) atoms. The van der Waals surface area contributed by atoms with Crippen LogP contribution in [0.2, 0.25) is 0 Å². The largest absolute Gasteiger partial charge is 0.366 e. The van der Waals surface area contributed by atoms with Crippen molar-refractivity contribution in [3.8, 4) is 0 Å². The van der Waals surface area contributed by atoms with Crippen molar-refractivity contribution < 1.29 is 9.59 Å². The van der Waals surface area contributed by atoms with Crippen LogP contribution in [0.5, 0.6) is 0 Å². The van der Waals surface area contributed by atoms with Crippen molar-refractivity contribution in [3.05, 3.63) is 69.7 Å². The predicted octanol–water partition coefficient (Wildman–Crippen LogP) is 4.14. The monoisotopic (exact) mass is 359 g/mol. The number of amides is 1. The minimum atomic E-state index is -0.414. The molecule has 4 heteroatoms. The van der Waals surface area contributed by atoms with Crippen LogP contribution in [0, 0.1) is 0 Å². The van der Waals surface area contributed by atoms with Gasteiger partial charge in [0.1, 0.15) is 0 Å². The number of benzene rings is 2. The predicted molar refractivity (Wildman–Crippen MR) is 91.0 cm³/mol. The smallest absolute Gasteiger partial charge is 0.248 e. The van der Waals surface area contributed by atoms with Gasteiger partial charge in [-0.1, -0.05) is 46.3 Å². The molecule has 0 aliphatic heterocycles. The maximum Gasteiger partial charge on any atom is 0.248 e.